The molecular weight excluding hydrogens is 419 g/mol. The normalized spacial score (nSPS) is 13.7. The summed E-state index contributed by atoms with van der Waals surface area (Å²) in [6.07, 6.45) is 4.05. The number of thiazole rings is 1. The lowest BCUT2D eigenvalue weighted by atomic mass is 10.2. The van der Waals surface area contributed by atoms with Crippen LogP contribution in [0.15, 0.2) is 29.6 Å². The molecule has 3 amide bonds. The van der Waals surface area contributed by atoms with Gasteiger partial charge in [0.15, 0.2) is 5.13 Å². The zero-order chi connectivity index (χ0) is 22.2. The first-order valence-electron chi connectivity index (χ1n) is 10.4. The number of nitrogens with one attached hydrogen (secondary N) is 2. The summed E-state index contributed by atoms with van der Waals surface area (Å²) in [7, 11) is 0. The van der Waals surface area contributed by atoms with Crippen LogP contribution in [0.5, 0.6) is 0 Å². The van der Waals surface area contributed by atoms with Gasteiger partial charge in [-0.25, -0.2) is 9.37 Å². The zero-order valence-electron chi connectivity index (χ0n) is 17.5. The third kappa shape index (κ3) is 7.43. The van der Waals surface area contributed by atoms with Gasteiger partial charge >= 0.3 is 0 Å². The van der Waals surface area contributed by atoms with Crippen molar-refractivity contribution in [2.24, 2.45) is 0 Å². The molecule has 0 radical (unpaired) electrons. The van der Waals surface area contributed by atoms with Gasteiger partial charge in [0, 0.05) is 30.8 Å². The van der Waals surface area contributed by atoms with Crippen LogP contribution in [0.25, 0.3) is 0 Å². The highest BCUT2D eigenvalue weighted by atomic mass is 32.1. The van der Waals surface area contributed by atoms with Gasteiger partial charge in [0.1, 0.15) is 5.82 Å². The van der Waals surface area contributed by atoms with Crippen LogP contribution in [-0.4, -0.2) is 40.2 Å². The molecule has 1 saturated carbocycles. The van der Waals surface area contributed by atoms with Crippen LogP contribution in [0.1, 0.15) is 49.8 Å². The Kier molecular flexibility index (Phi) is 8.11. The molecule has 2 aromatic rings. The third-order valence-electron chi connectivity index (χ3n) is 5.13. The van der Waals surface area contributed by atoms with E-state index in [0.717, 1.165) is 31.4 Å². The number of carbonyl (C=O) groups excluding carboxylic acids is 3. The average Bonchev–Trinajstić information content (AvgIpc) is 3.39. The van der Waals surface area contributed by atoms with Gasteiger partial charge in [-0.15, -0.1) is 11.3 Å². The van der Waals surface area contributed by atoms with E-state index in [-0.39, 0.29) is 55.5 Å². The quantitative estimate of drug-likeness (QED) is 0.618. The molecule has 0 unspecified atom stereocenters. The summed E-state index contributed by atoms with van der Waals surface area (Å²) in [6.45, 7) is 1.91. The van der Waals surface area contributed by atoms with Crippen molar-refractivity contribution >= 4 is 34.2 Å². The lowest BCUT2D eigenvalue weighted by Crippen LogP contribution is -2.43. The molecule has 0 spiro atoms. The minimum Gasteiger partial charge on any atom is -0.352 e. The zero-order valence-corrected chi connectivity index (χ0v) is 18.3. The number of halogens is 1. The van der Waals surface area contributed by atoms with Gasteiger partial charge in [0.05, 0.1) is 12.2 Å². The second-order valence-electron chi connectivity index (χ2n) is 7.77. The fourth-order valence-corrected chi connectivity index (χ4v) is 4.24. The second-order valence-corrected chi connectivity index (χ2v) is 8.63. The van der Waals surface area contributed by atoms with E-state index in [0.29, 0.717) is 10.7 Å². The number of rotatable bonds is 9. The molecule has 0 bridgehead atoms. The first-order valence-corrected chi connectivity index (χ1v) is 11.3. The van der Waals surface area contributed by atoms with Crippen molar-refractivity contribution in [2.75, 3.05) is 11.9 Å². The Balaban J connectivity index is 1.57. The predicted molar refractivity (Wildman–Crippen MR) is 117 cm³/mol. The molecule has 9 heteroatoms. The van der Waals surface area contributed by atoms with E-state index >= 15 is 0 Å². The number of amides is 3. The smallest absolute Gasteiger partial charge is 0.239 e. The van der Waals surface area contributed by atoms with Gasteiger partial charge < -0.3 is 15.5 Å². The number of hydrogen-bond donors (Lipinski definition) is 2. The molecule has 2 N–H and O–H groups in total. The molecule has 166 valence electrons. The third-order valence-corrected chi connectivity index (χ3v) is 6.00. The van der Waals surface area contributed by atoms with Crippen molar-refractivity contribution in [2.45, 2.75) is 58.0 Å². The molecule has 0 atom stereocenters. The molecule has 3 rings (SSSR count). The van der Waals surface area contributed by atoms with E-state index in [2.05, 4.69) is 15.6 Å². The predicted octanol–water partition coefficient (Wildman–Crippen LogP) is 3.40. The van der Waals surface area contributed by atoms with Crippen molar-refractivity contribution in [3.8, 4) is 0 Å². The Labute approximate surface area is 185 Å². The maximum Gasteiger partial charge on any atom is 0.239 e. The first kappa shape index (κ1) is 22.9. The van der Waals surface area contributed by atoms with Gasteiger partial charge in [-0.2, -0.15) is 0 Å². The van der Waals surface area contributed by atoms with Crippen LogP contribution in [0, 0.1) is 12.7 Å². The fourth-order valence-electron chi connectivity index (χ4n) is 3.53. The maximum absolute atomic E-state index is 13.2. The maximum atomic E-state index is 13.2. The molecule has 7 nitrogen and oxygen atoms in total. The summed E-state index contributed by atoms with van der Waals surface area (Å²) in [5.41, 5.74) is 1.53. The molecule has 1 aliphatic rings. The van der Waals surface area contributed by atoms with Crippen LogP contribution >= 0.6 is 11.3 Å². The van der Waals surface area contributed by atoms with Crippen LogP contribution in [0.4, 0.5) is 9.52 Å². The van der Waals surface area contributed by atoms with Crippen molar-refractivity contribution in [1.29, 1.82) is 0 Å². The lowest BCUT2D eigenvalue weighted by molar-refractivity contribution is -0.137. The van der Waals surface area contributed by atoms with E-state index in [1.54, 1.807) is 12.1 Å². The molecule has 1 aliphatic carbocycles. The lowest BCUT2D eigenvalue weighted by Gasteiger charge is -2.23. The molecule has 0 saturated heterocycles. The largest absolute Gasteiger partial charge is 0.352 e. The van der Waals surface area contributed by atoms with Crippen LogP contribution in [-0.2, 0) is 20.9 Å². The van der Waals surface area contributed by atoms with Crippen molar-refractivity contribution in [1.82, 2.24) is 15.2 Å². The topological polar surface area (TPSA) is 91.4 Å². The van der Waals surface area contributed by atoms with Crippen LogP contribution in [0.3, 0.4) is 0 Å². The van der Waals surface area contributed by atoms with Crippen molar-refractivity contribution in [3.05, 3.63) is 46.7 Å². The number of anilines is 1. The Morgan fingerprint density at radius 3 is 2.48 bits per heavy atom. The van der Waals surface area contributed by atoms with Crippen molar-refractivity contribution in [3.63, 3.8) is 0 Å². The summed E-state index contributed by atoms with van der Waals surface area (Å²) < 4.78 is 13.2. The average molecular weight is 447 g/mol. The highest BCUT2D eigenvalue weighted by molar-refractivity contribution is 7.13. The molecule has 1 aromatic carbocycles. The summed E-state index contributed by atoms with van der Waals surface area (Å²) in [6, 6.07) is 5.96. The monoisotopic (exact) mass is 446 g/mol. The fraction of sp³-hybridized carbons (Fsp3) is 0.455. The molecule has 31 heavy (non-hydrogen) atoms. The number of aryl methyl sites for hydroxylation is 1. The van der Waals surface area contributed by atoms with Crippen LogP contribution < -0.4 is 10.6 Å². The number of nitrogens with zero attached hydrogens (tertiary/aromatic N) is 2. The molecule has 0 aliphatic heterocycles. The number of aromatic nitrogens is 1. The summed E-state index contributed by atoms with van der Waals surface area (Å²) in [5, 5.41) is 7.98. The minimum atomic E-state index is -0.366. The highest BCUT2D eigenvalue weighted by Gasteiger charge is 2.22. The van der Waals surface area contributed by atoms with Crippen molar-refractivity contribution < 1.29 is 18.8 Å². The molecule has 1 aromatic heterocycles. The van der Waals surface area contributed by atoms with E-state index in [9.17, 15) is 18.8 Å². The SMILES string of the molecule is Cc1csc(NC(=O)CCC(=O)N(CC(=O)NC2CCCC2)Cc2ccc(F)cc2)n1. The summed E-state index contributed by atoms with van der Waals surface area (Å²) >= 11 is 1.32. The van der Waals surface area contributed by atoms with E-state index in [4.69, 9.17) is 0 Å². The van der Waals surface area contributed by atoms with Gasteiger partial charge in [0.2, 0.25) is 17.7 Å². The van der Waals surface area contributed by atoms with Gasteiger partial charge in [-0.05, 0) is 37.5 Å². The van der Waals surface area contributed by atoms with Gasteiger partial charge in [0.25, 0.3) is 0 Å². The summed E-state index contributed by atoms with van der Waals surface area (Å²) in [4.78, 5) is 43.1. The standard InChI is InChI=1S/C22H27FN4O3S/c1-15-14-31-22(24-15)26-19(28)10-11-21(30)27(12-16-6-8-17(23)9-7-16)13-20(29)25-18-4-2-3-5-18/h6-9,14,18H,2-5,10-13H2,1H3,(H,25,29)(H,24,26,28). The molecule has 1 heterocycles. The van der Waals surface area contributed by atoms with Gasteiger partial charge in [-0.3, -0.25) is 14.4 Å². The molecular formula is C22H27FN4O3S. The minimum absolute atomic E-state index is 0.0123. The Morgan fingerprint density at radius 1 is 1.13 bits per heavy atom. The van der Waals surface area contributed by atoms with E-state index < -0.39 is 0 Å². The van der Waals surface area contributed by atoms with E-state index in [1.807, 2.05) is 12.3 Å². The first-order chi connectivity index (χ1) is 14.9. The van der Waals surface area contributed by atoms with Gasteiger partial charge in [-0.1, -0.05) is 25.0 Å². The van der Waals surface area contributed by atoms with Crippen LogP contribution in [0.2, 0.25) is 0 Å². The Morgan fingerprint density at radius 2 is 1.84 bits per heavy atom. The number of benzene rings is 1. The Hall–Kier alpha value is -2.81. The highest BCUT2D eigenvalue weighted by Crippen LogP contribution is 2.18. The van der Waals surface area contributed by atoms with E-state index in [1.165, 1.54) is 28.4 Å². The summed E-state index contributed by atoms with van der Waals surface area (Å²) in [5.74, 6) is -1.20. The Bertz CT molecular complexity index is 910. The molecule has 1 fully saturated rings. The number of carbonyl (C=O) groups is 3. The number of hydrogen-bond acceptors (Lipinski definition) is 5. The second kappa shape index (κ2) is 11.0.